The van der Waals surface area contributed by atoms with E-state index in [9.17, 15) is 0 Å². The molecule has 1 aliphatic rings. The van der Waals surface area contributed by atoms with Crippen molar-refractivity contribution in [2.45, 2.75) is 25.3 Å². The Morgan fingerprint density at radius 3 is 2.81 bits per heavy atom. The van der Waals surface area contributed by atoms with Crippen LogP contribution in [0.5, 0.6) is 11.5 Å². The molecule has 0 bridgehead atoms. The molecule has 2 aromatic carbocycles. The van der Waals surface area contributed by atoms with E-state index in [0.29, 0.717) is 12.5 Å². The van der Waals surface area contributed by atoms with Gasteiger partial charge in [-0.05, 0) is 52.6 Å². The predicted molar refractivity (Wildman–Crippen MR) is 93.3 cm³/mol. The van der Waals surface area contributed by atoms with Crippen LogP contribution in [-0.4, -0.2) is 6.61 Å². The zero-order chi connectivity index (χ0) is 14.7. The number of hydrogen-bond donors (Lipinski definition) is 0. The fourth-order valence-electron chi connectivity index (χ4n) is 2.47. The number of ether oxygens (including phenoxy) is 2. The Hall–Kier alpha value is -0.940. The molecule has 0 N–H and O–H groups in total. The first kappa shape index (κ1) is 15.0. The molecule has 0 radical (unpaired) electrons. The molecule has 1 aliphatic heterocycles. The van der Waals surface area contributed by atoms with Crippen LogP contribution in [0.3, 0.4) is 0 Å². The van der Waals surface area contributed by atoms with Gasteiger partial charge >= 0.3 is 0 Å². The van der Waals surface area contributed by atoms with E-state index in [1.54, 1.807) is 0 Å². The van der Waals surface area contributed by atoms with Gasteiger partial charge in [-0.1, -0.05) is 30.3 Å². The maximum absolute atomic E-state index is 6.06. The Morgan fingerprint density at radius 1 is 1.24 bits per heavy atom. The summed E-state index contributed by atoms with van der Waals surface area (Å²) in [5, 5.41) is 0. The van der Waals surface area contributed by atoms with Crippen LogP contribution in [0.4, 0.5) is 0 Å². The molecular weight excluding hydrogens is 399 g/mol. The average Bonchev–Trinajstić information content (AvgIpc) is 2.55. The second kappa shape index (κ2) is 6.88. The Kier molecular flexibility index (Phi) is 4.91. The molecular formula is C17H16ClIO2. The summed E-state index contributed by atoms with van der Waals surface area (Å²) in [5.74, 6) is 2.20. The molecule has 2 nitrogen and oxygen atoms in total. The van der Waals surface area contributed by atoms with Crippen LogP contribution in [0.15, 0.2) is 36.4 Å². The molecule has 0 fully saturated rings. The number of fused-ring (bicyclic) bond motifs is 1. The van der Waals surface area contributed by atoms with Crippen molar-refractivity contribution in [3.05, 3.63) is 56.7 Å². The van der Waals surface area contributed by atoms with E-state index in [1.807, 2.05) is 24.3 Å². The Labute approximate surface area is 143 Å². The Morgan fingerprint density at radius 2 is 2.05 bits per heavy atom. The van der Waals surface area contributed by atoms with Gasteiger partial charge in [0.1, 0.15) is 6.61 Å². The lowest BCUT2D eigenvalue weighted by atomic mass is 10.0. The van der Waals surface area contributed by atoms with Crippen molar-refractivity contribution in [1.82, 2.24) is 0 Å². The normalized spacial score (nSPS) is 13.4. The maximum atomic E-state index is 6.06. The van der Waals surface area contributed by atoms with Crippen molar-refractivity contribution in [3.8, 4) is 11.5 Å². The standard InChI is InChI=1S/C17H16ClIO2/c18-10-13-9-15(21-11-12-5-2-1-3-6-12)17-14(16(13)19)7-4-8-20-17/h1-3,5-6,9H,4,7-8,10-11H2. The lowest BCUT2D eigenvalue weighted by Crippen LogP contribution is -2.13. The molecule has 0 saturated carbocycles. The summed E-state index contributed by atoms with van der Waals surface area (Å²) in [5.41, 5.74) is 3.50. The van der Waals surface area contributed by atoms with Gasteiger partial charge in [0, 0.05) is 15.0 Å². The van der Waals surface area contributed by atoms with E-state index >= 15 is 0 Å². The largest absolute Gasteiger partial charge is 0.489 e. The van der Waals surface area contributed by atoms with Gasteiger partial charge in [-0.15, -0.1) is 11.6 Å². The summed E-state index contributed by atoms with van der Waals surface area (Å²) in [7, 11) is 0. The minimum Gasteiger partial charge on any atom is -0.489 e. The van der Waals surface area contributed by atoms with Gasteiger partial charge in [-0.2, -0.15) is 0 Å². The van der Waals surface area contributed by atoms with Gasteiger partial charge < -0.3 is 9.47 Å². The molecule has 0 amide bonds. The molecule has 0 unspecified atom stereocenters. The quantitative estimate of drug-likeness (QED) is 0.521. The number of alkyl halides is 1. The number of rotatable bonds is 4. The van der Waals surface area contributed by atoms with Gasteiger partial charge in [0.15, 0.2) is 11.5 Å². The molecule has 2 aromatic rings. The molecule has 0 atom stereocenters. The summed E-state index contributed by atoms with van der Waals surface area (Å²) in [6, 6.07) is 12.2. The minimum absolute atomic E-state index is 0.493. The maximum Gasteiger partial charge on any atom is 0.165 e. The third-order valence-electron chi connectivity index (χ3n) is 3.55. The summed E-state index contributed by atoms with van der Waals surface area (Å²) < 4.78 is 13.1. The van der Waals surface area contributed by atoms with E-state index in [1.165, 1.54) is 9.13 Å². The molecule has 110 valence electrons. The van der Waals surface area contributed by atoms with Crippen molar-refractivity contribution >= 4 is 34.2 Å². The SMILES string of the molecule is ClCc1cc(OCc2ccccc2)c2c(c1I)CCCO2. The summed E-state index contributed by atoms with van der Waals surface area (Å²) in [6.07, 6.45) is 2.08. The van der Waals surface area contributed by atoms with Crippen LogP contribution in [0.1, 0.15) is 23.1 Å². The van der Waals surface area contributed by atoms with Crippen molar-refractivity contribution in [2.75, 3.05) is 6.61 Å². The zero-order valence-corrected chi connectivity index (χ0v) is 14.5. The summed E-state index contributed by atoms with van der Waals surface area (Å²) in [4.78, 5) is 0. The smallest absolute Gasteiger partial charge is 0.165 e. The minimum atomic E-state index is 0.493. The topological polar surface area (TPSA) is 18.5 Å². The third kappa shape index (κ3) is 3.29. The van der Waals surface area contributed by atoms with Gasteiger partial charge in [-0.25, -0.2) is 0 Å². The fourth-order valence-corrected chi connectivity index (χ4v) is 3.77. The van der Waals surface area contributed by atoms with Gasteiger partial charge in [0.25, 0.3) is 0 Å². The first-order valence-corrected chi connectivity index (χ1v) is 8.60. The lowest BCUT2D eigenvalue weighted by molar-refractivity contribution is 0.245. The summed E-state index contributed by atoms with van der Waals surface area (Å²) in [6.45, 7) is 1.30. The summed E-state index contributed by atoms with van der Waals surface area (Å²) >= 11 is 8.42. The van der Waals surface area contributed by atoms with Crippen LogP contribution in [-0.2, 0) is 18.9 Å². The fraction of sp³-hybridized carbons (Fsp3) is 0.294. The Bertz CT molecular complexity index is 628. The molecule has 0 aliphatic carbocycles. The van der Waals surface area contributed by atoms with Crippen LogP contribution < -0.4 is 9.47 Å². The van der Waals surface area contributed by atoms with Crippen LogP contribution in [0.2, 0.25) is 0 Å². The highest BCUT2D eigenvalue weighted by molar-refractivity contribution is 14.1. The van der Waals surface area contributed by atoms with E-state index < -0.39 is 0 Å². The molecule has 0 aromatic heterocycles. The number of hydrogen-bond acceptors (Lipinski definition) is 2. The monoisotopic (exact) mass is 414 g/mol. The van der Waals surface area contributed by atoms with Gasteiger partial charge in [0.2, 0.25) is 0 Å². The highest BCUT2D eigenvalue weighted by Gasteiger charge is 2.21. The molecule has 0 saturated heterocycles. The Balaban J connectivity index is 1.90. The van der Waals surface area contributed by atoms with E-state index in [0.717, 1.165) is 42.1 Å². The zero-order valence-electron chi connectivity index (χ0n) is 11.6. The molecule has 21 heavy (non-hydrogen) atoms. The number of benzene rings is 2. The predicted octanol–water partition coefficient (Wildman–Crippen LogP) is 4.93. The second-order valence-corrected chi connectivity index (χ2v) is 6.36. The van der Waals surface area contributed by atoms with Gasteiger partial charge in [0.05, 0.1) is 6.61 Å². The molecule has 1 heterocycles. The van der Waals surface area contributed by atoms with Crippen molar-refractivity contribution < 1.29 is 9.47 Å². The first-order chi connectivity index (χ1) is 10.3. The van der Waals surface area contributed by atoms with Crippen molar-refractivity contribution in [2.24, 2.45) is 0 Å². The third-order valence-corrected chi connectivity index (χ3v) is 5.18. The van der Waals surface area contributed by atoms with Crippen LogP contribution in [0, 0.1) is 3.57 Å². The van der Waals surface area contributed by atoms with Gasteiger partial charge in [-0.3, -0.25) is 0 Å². The number of halogens is 2. The second-order valence-electron chi connectivity index (χ2n) is 5.02. The first-order valence-electron chi connectivity index (χ1n) is 6.99. The highest BCUT2D eigenvalue weighted by atomic mass is 127. The molecule has 4 heteroatoms. The van der Waals surface area contributed by atoms with Crippen LogP contribution in [0.25, 0.3) is 0 Å². The van der Waals surface area contributed by atoms with Crippen molar-refractivity contribution in [1.29, 1.82) is 0 Å². The van der Waals surface area contributed by atoms with Crippen LogP contribution >= 0.6 is 34.2 Å². The van der Waals surface area contributed by atoms with E-state index in [2.05, 4.69) is 34.7 Å². The lowest BCUT2D eigenvalue weighted by Gasteiger charge is -2.23. The molecule has 0 spiro atoms. The molecule has 3 rings (SSSR count). The highest BCUT2D eigenvalue weighted by Crippen LogP contribution is 2.40. The van der Waals surface area contributed by atoms with E-state index in [-0.39, 0.29) is 0 Å². The van der Waals surface area contributed by atoms with E-state index in [4.69, 9.17) is 21.1 Å². The average molecular weight is 415 g/mol. The van der Waals surface area contributed by atoms with Crippen molar-refractivity contribution in [3.63, 3.8) is 0 Å².